The predicted octanol–water partition coefficient (Wildman–Crippen LogP) is 3.40. The van der Waals surface area contributed by atoms with Crippen molar-refractivity contribution < 1.29 is 39.2 Å². The van der Waals surface area contributed by atoms with E-state index in [1.807, 2.05) is 60.7 Å². The third-order valence-electron chi connectivity index (χ3n) is 7.44. The number of hydrogen-bond donors (Lipinski definition) is 4. The van der Waals surface area contributed by atoms with Gasteiger partial charge in [-0.15, -0.1) is 0 Å². The van der Waals surface area contributed by atoms with Crippen LogP contribution in [0.25, 0.3) is 11.1 Å². The van der Waals surface area contributed by atoms with Crippen molar-refractivity contribution in [3.05, 3.63) is 102 Å². The maximum absolute atomic E-state index is 11.5. The van der Waals surface area contributed by atoms with Gasteiger partial charge in [0, 0.05) is 0 Å². The van der Waals surface area contributed by atoms with Gasteiger partial charge in [-0.25, -0.2) is 4.79 Å². The molecular weight excluding hydrogens is 510 g/mol. The summed E-state index contributed by atoms with van der Waals surface area (Å²) in [7, 11) is 3.49. The van der Waals surface area contributed by atoms with Crippen molar-refractivity contribution in [1.82, 2.24) is 0 Å². The highest BCUT2D eigenvalue weighted by Gasteiger charge is 2.52. The highest BCUT2D eigenvalue weighted by Crippen LogP contribution is 2.35. The van der Waals surface area contributed by atoms with Crippen molar-refractivity contribution in [3.8, 4) is 5.75 Å². The molecule has 1 aliphatic rings. The number of rotatable bonds is 10. The minimum atomic E-state index is -1.72. The van der Waals surface area contributed by atoms with E-state index < -0.39 is 36.6 Å². The van der Waals surface area contributed by atoms with Crippen molar-refractivity contribution in [2.75, 3.05) is 27.2 Å². The molecule has 0 spiro atoms. The monoisotopic (exact) mass is 548 g/mol. The summed E-state index contributed by atoms with van der Waals surface area (Å²) in [5.41, 5.74) is 5.79. The molecule has 212 valence electrons. The summed E-state index contributed by atoms with van der Waals surface area (Å²) in [6, 6.07) is 28.6. The highest BCUT2D eigenvalue weighted by atomic mass is 16.6. The van der Waals surface area contributed by atoms with Crippen LogP contribution in [0.4, 0.5) is 0 Å². The van der Waals surface area contributed by atoms with Crippen LogP contribution < -0.4 is 4.74 Å². The first kappa shape index (κ1) is 29.5. The molecule has 1 aliphatic heterocycles. The lowest BCUT2D eigenvalue weighted by atomic mass is 9.88. The van der Waals surface area contributed by atoms with Gasteiger partial charge in [-0.05, 0) is 46.4 Å². The van der Waals surface area contributed by atoms with Crippen molar-refractivity contribution in [2.24, 2.45) is 0 Å². The van der Waals surface area contributed by atoms with Crippen molar-refractivity contribution >= 4 is 17.1 Å². The van der Waals surface area contributed by atoms with Crippen LogP contribution in [0, 0.1) is 0 Å². The molecule has 1 heterocycles. The number of allylic oxidation sites excluding steroid dienone is 1. The Hall–Kier alpha value is -3.53. The number of carboxylic acid groups (broad SMARTS) is 1. The molecule has 0 aromatic heterocycles. The van der Waals surface area contributed by atoms with Crippen LogP contribution in [0.2, 0.25) is 0 Å². The van der Waals surface area contributed by atoms with E-state index in [-0.39, 0.29) is 11.1 Å². The number of carboxylic acids is 1. The summed E-state index contributed by atoms with van der Waals surface area (Å²) >= 11 is 0. The Labute approximate surface area is 234 Å². The van der Waals surface area contributed by atoms with E-state index in [0.717, 1.165) is 23.1 Å². The van der Waals surface area contributed by atoms with Gasteiger partial charge in [-0.3, -0.25) is 4.48 Å². The molecule has 3 aromatic carbocycles. The quantitative estimate of drug-likeness (QED) is 0.227. The molecule has 8 nitrogen and oxygen atoms in total. The molecular formula is C32H38NO7+. The fourth-order valence-electron chi connectivity index (χ4n) is 5.17. The number of aliphatic carboxylic acids is 1. The van der Waals surface area contributed by atoms with Gasteiger partial charge in [0.2, 0.25) is 6.23 Å². The normalized spacial score (nSPS) is 23.8. The van der Waals surface area contributed by atoms with E-state index in [2.05, 4.69) is 31.2 Å². The number of aliphatic hydroxyl groups is 3. The number of likely N-dealkylation sites (N-methyl/N-ethyl adjacent to an activating group) is 1. The summed E-state index contributed by atoms with van der Waals surface area (Å²) < 4.78 is 11.5. The van der Waals surface area contributed by atoms with Crippen LogP contribution >= 0.6 is 0 Å². The summed E-state index contributed by atoms with van der Waals surface area (Å²) in [4.78, 5) is 11.5. The number of nitrogens with zero attached hydrogens (tertiary/aromatic N) is 1. The third kappa shape index (κ3) is 6.43. The third-order valence-corrected chi connectivity index (χ3v) is 7.44. The average molecular weight is 549 g/mol. The van der Waals surface area contributed by atoms with Gasteiger partial charge in [0.25, 0.3) is 0 Å². The molecule has 5 atom stereocenters. The summed E-state index contributed by atoms with van der Waals surface area (Å²) in [6.45, 7) is 2.76. The number of ether oxygens (including phenoxy) is 2. The number of benzene rings is 3. The zero-order valence-electron chi connectivity index (χ0n) is 23.1. The Morgan fingerprint density at radius 2 is 1.35 bits per heavy atom. The molecule has 0 amide bonds. The van der Waals surface area contributed by atoms with E-state index in [9.17, 15) is 25.2 Å². The maximum Gasteiger partial charge on any atom is 0.335 e. The molecule has 0 saturated carbocycles. The lowest BCUT2D eigenvalue weighted by Crippen LogP contribution is -2.68. The van der Waals surface area contributed by atoms with E-state index >= 15 is 0 Å². The Bertz CT molecular complexity index is 1290. The van der Waals surface area contributed by atoms with Crippen LogP contribution in [0.1, 0.15) is 30.0 Å². The first-order chi connectivity index (χ1) is 19.1. The lowest BCUT2D eigenvalue weighted by molar-refractivity contribution is -0.944. The van der Waals surface area contributed by atoms with Crippen molar-refractivity contribution in [1.29, 1.82) is 0 Å². The topological polar surface area (TPSA) is 116 Å². The maximum atomic E-state index is 11.5. The zero-order chi connectivity index (χ0) is 28.9. The molecule has 3 aromatic rings. The fourth-order valence-corrected chi connectivity index (χ4v) is 5.17. The summed E-state index contributed by atoms with van der Waals surface area (Å²) in [5.74, 6) is -0.736. The van der Waals surface area contributed by atoms with Crippen LogP contribution in [0.5, 0.6) is 5.75 Å². The number of hydrogen-bond acceptors (Lipinski definition) is 6. The second-order valence-electron chi connectivity index (χ2n) is 10.6. The fraction of sp³-hybridized carbons (Fsp3) is 0.344. The average Bonchev–Trinajstić information content (AvgIpc) is 2.95. The minimum Gasteiger partial charge on any atom is -0.488 e. The van der Waals surface area contributed by atoms with Gasteiger partial charge in [-0.2, -0.15) is 0 Å². The van der Waals surface area contributed by atoms with Crippen molar-refractivity contribution in [3.63, 3.8) is 0 Å². The van der Waals surface area contributed by atoms with Crippen LogP contribution in [-0.2, 0) is 9.53 Å². The van der Waals surface area contributed by atoms with E-state index in [1.54, 1.807) is 14.1 Å². The van der Waals surface area contributed by atoms with E-state index in [1.165, 1.54) is 11.1 Å². The molecule has 4 rings (SSSR count). The zero-order valence-corrected chi connectivity index (χ0v) is 23.1. The van der Waals surface area contributed by atoms with Crippen LogP contribution in [0.3, 0.4) is 0 Å². The molecule has 1 saturated heterocycles. The first-order valence-corrected chi connectivity index (χ1v) is 13.5. The molecule has 0 bridgehead atoms. The molecule has 1 fully saturated rings. The smallest absolute Gasteiger partial charge is 0.335 e. The second-order valence-corrected chi connectivity index (χ2v) is 10.6. The van der Waals surface area contributed by atoms with Crippen LogP contribution in [-0.4, -0.2) is 88.8 Å². The minimum absolute atomic E-state index is 0.0185. The Morgan fingerprint density at radius 3 is 1.90 bits per heavy atom. The molecule has 0 aliphatic carbocycles. The van der Waals surface area contributed by atoms with Gasteiger partial charge in [0.15, 0.2) is 12.2 Å². The summed E-state index contributed by atoms with van der Waals surface area (Å²) in [5, 5.41) is 40.0. The van der Waals surface area contributed by atoms with Gasteiger partial charge < -0.3 is 29.9 Å². The Kier molecular flexibility index (Phi) is 9.40. The molecule has 8 heteroatoms. The van der Waals surface area contributed by atoms with Gasteiger partial charge >= 0.3 is 5.97 Å². The predicted molar refractivity (Wildman–Crippen MR) is 152 cm³/mol. The molecule has 2 unspecified atom stereocenters. The van der Waals surface area contributed by atoms with Gasteiger partial charge in [-0.1, -0.05) is 79.7 Å². The number of carbonyl (C=O) groups is 1. The highest BCUT2D eigenvalue weighted by molar-refractivity contribution is 5.98. The van der Waals surface area contributed by atoms with Gasteiger partial charge in [0.05, 0.1) is 14.1 Å². The lowest BCUT2D eigenvalue weighted by Gasteiger charge is -2.46. The molecule has 4 N–H and O–H groups in total. The first-order valence-electron chi connectivity index (χ1n) is 13.5. The Balaban J connectivity index is 1.50. The van der Waals surface area contributed by atoms with E-state index in [4.69, 9.17) is 9.47 Å². The van der Waals surface area contributed by atoms with E-state index in [0.29, 0.717) is 12.3 Å². The number of aliphatic hydroxyl groups excluding tert-OH is 3. The largest absolute Gasteiger partial charge is 0.488 e. The summed E-state index contributed by atoms with van der Waals surface area (Å²) in [6.07, 6.45) is -6.65. The number of quaternary nitrogens is 1. The second kappa shape index (κ2) is 12.8. The molecule has 0 radical (unpaired) electrons. The van der Waals surface area contributed by atoms with Crippen molar-refractivity contribution in [2.45, 2.75) is 44.0 Å². The standard InChI is InChI=1S/C32H37NO7/c1-4-25(21-11-7-5-8-12-21)26(22-13-9-6-10-14-22)23-15-17-24(18-16-23)39-20-19-33(2,3)31-29(36)27(34)28(35)30(40-31)32(37)38/h5-18,27-31,34-36H,4,19-20H2,1-3H3/p+1/b26-25-/t27?,28-,29?,30-,31+/m0/s1. The van der Waals surface area contributed by atoms with Gasteiger partial charge in [0.1, 0.15) is 31.1 Å². The Morgan fingerprint density at radius 1 is 0.800 bits per heavy atom. The van der Waals surface area contributed by atoms with Crippen LogP contribution in [0.15, 0.2) is 84.9 Å². The molecule has 40 heavy (non-hydrogen) atoms. The SMILES string of the molecule is CC/C(=C(\c1ccccc1)c1ccc(OCC[N+](C)(C)[C@@H]2O[C@H](C(=O)O)[C@@H](O)C(O)C2O)cc1)c1ccccc1.